The first-order valence-corrected chi connectivity index (χ1v) is 4.86. The van der Waals surface area contributed by atoms with Gasteiger partial charge in [0.1, 0.15) is 6.04 Å². The van der Waals surface area contributed by atoms with E-state index in [1.807, 2.05) is 0 Å². The summed E-state index contributed by atoms with van der Waals surface area (Å²) in [6, 6.07) is 5.53. The fraction of sp³-hybridized carbons (Fsp3) is 0.273. The van der Waals surface area contributed by atoms with E-state index in [4.69, 9.17) is 5.11 Å². The normalized spacial score (nSPS) is 20.8. The van der Waals surface area contributed by atoms with E-state index in [1.165, 1.54) is 6.92 Å². The topological polar surface area (TPSA) is 77.8 Å². The number of carboxylic acids is 1. The van der Waals surface area contributed by atoms with Gasteiger partial charge < -0.3 is 10.2 Å². The van der Waals surface area contributed by atoms with E-state index in [1.54, 1.807) is 24.3 Å². The molecule has 1 aliphatic heterocycles. The number of hydrogen-bond donors (Lipinski definition) is 2. The molecule has 0 aliphatic carbocycles. The van der Waals surface area contributed by atoms with Gasteiger partial charge in [-0.2, -0.15) is 0 Å². The van der Waals surface area contributed by atoms with Gasteiger partial charge in [0.2, 0.25) is 0 Å². The second-order valence-corrected chi connectivity index (χ2v) is 3.69. The summed E-state index contributed by atoms with van der Waals surface area (Å²) in [5.74, 6) is -1.58. The van der Waals surface area contributed by atoms with Crippen molar-refractivity contribution in [1.82, 2.24) is 4.90 Å². The number of carboxylic acid groups (broad SMARTS) is 1. The summed E-state index contributed by atoms with van der Waals surface area (Å²) in [7, 11) is 0. The Morgan fingerprint density at radius 2 is 2.06 bits per heavy atom. The molecule has 1 aromatic carbocycles. The van der Waals surface area contributed by atoms with Crippen molar-refractivity contribution in [3.8, 4) is 0 Å². The Labute approximate surface area is 91.9 Å². The van der Waals surface area contributed by atoms with Crippen LogP contribution in [0.3, 0.4) is 0 Å². The van der Waals surface area contributed by atoms with Crippen molar-refractivity contribution in [1.29, 1.82) is 0 Å². The minimum Gasteiger partial charge on any atom is -0.480 e. The third-order valence-corrected chi connectivity index (χ3v) is 2.74. The van der Waals surface area contributed by atoms with Crippen LogP contribution in [0.2, 0.25) is 0 Å². The number of benzene rings is 1. The maximum Gasteiger partial charge on any atom is 0.326 e. The molecule has 16 heavy (non-hydrogen) atoms. The van der Waals surface area contributed by atoms with Crippen molar-refractivity contribution < 1.29 is 19.8 Å². The monoisotopic (exact) mass is 221 g/mol. The molecule has 1 aliphatic rings. The number of amides is 1. The highest BCUT2D eigenvalue weighted by atomic mass is 16.4. The Balaban J connectivity index is 2.42. The lowest BCUT2D eigenvalue weighted by atomic mass is 10.1. The average Bonchev–Trinajstić information content (AvgIpc) is 2.52. The Bertz CT molecular complexity index is 457. The Morgan fingerprint density at radius 3 is 2.62 bits per heavy atom. The highest BCUT2D eigenvalue weighted by molar-refractivity contribution is 6.00. The molecule has 2 atom stereocenters. The van der Waals surface area contributed by atoms with E-state index in [2.05, 4.69) is 0 Å². The molecule has 0 saturated carbocycles. The van der Waals surface area contributed by atoms with Gasteiger partial charge in [0.15, 0.2) is 6.23 Å². The lowest BCUT2D eigenvalue weighted by Gasteiger charge is -2.24. The number of aliphatic carboxylic acids is 1. The van der Waals surface area contributed by atoms with Crippen LogP contribution in [0.5, 0.6) is 0 Å². The lowest BCUT2D eigenvalue weighted by molar-refractivity contribution is -0.144. The molecule has 0 spiro atoms. The number of nitrogens with zero attached hydrogens (tertiary/aromatic N) is 1. The summed E-state index contributed by atoms with van der Waals surface area (Å²) in [5, 5.41) is 18.7. The van der Waals surface area contributed by atoms with Gasteiger partial charge in [0.25, 0.3) is 5.91 Å². The fourth-order valence-corrected chi connectivity index (χ4v) is 1.82. The van der Waals surface area contributed by atoms with Gasteiger partial charge in [0, 0.05) is 11.1 Å². The van der Waals surface area contributed by atoms with Gasteiger partial charge in [-0.05, 0) is 13.0 Å². The SMILES string of the molecule is C[C@@H](C(=O)O)N1C(=O)c2ccccc2C1O. The van der Waals surface area contributed by atoms with Crippen molar-refractivity contribution in [3.63, 3.8) is 0 Å². The zero-order valence-electron chi connectivity index (χ0n) is 8.62. The van der Waals surface area contributed by atoms with E-state index in [9.17, 15) is 14.7 Å². The van der Waals surface area contributed by atoms with Crippen molar-refractivity contribution in [2.24, 2.45) is 0 Å². The number of hydrogen-bond acceptors (Lipinski definition) is 3. The van der Waals surface area contributed by atoms with E-state index in [0.29, 0.717) is 11.1 Å². The second-order valence-electron chi connectivity index (χ2n) is 3.69. The van der Waals surface area contributed by atoms with Crippen LogP contribution < -0.4 is 0 Å². The Morgan fingerprint density at radius 1 is 1.44 bits per heavy atom. The molecule has 5 nitrogen and oxygen atoms in total. The Hall–Kier alpha value is -1.88. The first kappa shape index (κ1) is 10.6. The van der Waals surface area contributed by atoms with E-state index < -0.39 is 24.1 Å². The molecule has 84 valence electrons. The quantitative estimate of drug-likeness (QED) is 0.766. The van der Waals surface area contributed by atoms with Crippen LogP contribution in [0.4, 0.5) is 0 Å². The predicted molar refractivity (Wildman–Crippen MR) is 54.7 cm³/mol. The number of aliphatic hydroxyl groups is 1. The van der Waals surface area contributed by atoms with Crippen LogP contribution in [0.25, 0.3) is 0 Å². The smallest absolute Gasteiger partial charge is 0.326 e. The second kappa shape index (κ2) is 3.61. The largest absolute Gasteiger partial charge is 0.480 e. The van der Waals surface area contributed by atoms with Gasteiger partial charge >= 0.3 is 5.97 Å². The number of carbonyl (C=O) groups is 2. The lowest BCUT2D eigenvalue weighted by Crippen LogP contribution is -2.41. The highest BCUT2D eigenvalue weighted by Gasteiger charge is 2.40. The number of aliphatic hydroxyl groups excluding tert-OH is 1. The van der Waals surface area contributed by atoms with Crippen molar-refractivity contribution in [3.05, 3.63) is 35.4 Å². The van der Waals surface area contributed by atoms with Crippen LogP contribution in [0.15, 0.2) is 24.3 Å². The molecular formula is C11H11NO4. The molecule has 1 aromatic rings. The van der Waals surface area contributed by atoms with Crippen molar-refractivity contribution in [2.45, 2.75) is 19.2 Å². The summed E-state index contributed by atoms with van der Waals surface area (Å²) in [6.07, 6.45) is -1.17. The number of rotatable bonds is 2. The molecular weight excluding hydrogens is 210 g/mol. The van der Waals surface area contributed by atoms with Gasteiger partial charge in [0.05, 0.1) is 0 Å². The molecule has 1 unspecified atom stereocenters. The zero-order chi connectivity index (χ0) is 11.9. The highest BCUT2D eigenvalue weighted by Crippen LogP contribution is 2.32. The van der Waals surface area contributed by atoms with Crippen molar-refractivity contribution in [2.75, 3.05) is 0 Å². The molecule has 2 rings (SSSR count). The summed E-state index contributed by atoms with van der Waals surface area (Å²) < 4.78 is 0. The van der Waals surface area contributed by atoms with E-state index in [0.717, 1.165) is 4.90 Å². The van der Waals surface area contributed by atoms with Crippen LogP contribution in [-0.4, -0.2) is 33.0 Å². The fourth-order valence-electron chi connectivity index (χ4n) is 1.82. The van der Waals surface area contributed by atoms with Gasteiger partial charge in [-0.25, -0.2) is 4.79 Å². The molecule has 0 aromatic heterocycles. The molecule has 0 bridgehead atoms. The summed E-state index contributed by atoms with van der Waals surface area (Å²) in [4.78, 5) is 23.6. The van der Waals surface area contributed by atoms with Crippen molar-refractivity contribution >= 4 is 11.9 Å². The maximum atomic E-state index is 11.9. The summed E-state index contributed by atoms with van der Waals surface area (Å²) in [5.41, 5.74) is 0.823. The first-order valence-electron chi connectivity index (χ1n) is 4.86. The first-order chi connectivity index (χ1) is 7.54. The molecule has 1 heterocycles. The van der Waals surface area contributed by atoms with Crippen LogP contribution in [0, 0.1) is 0 Å². The van der Waals surface area contributed by atoms with Gasteiger partial charge in [-0.15, -0.1) is 0 Å². The molecule has 2 N–H and O–H groups in total. The number of fused-ring (bicyclic) bond motifs is 1. The average molecular weight is 221 g/mol. The minimum absolute atomic E-state index is 0.364. The van der Waals surface area contributed by atoms with Gasteiger partial charge in [-0.3, -0.25) is 9.69 Å². The summed E-state index contributed by atoms with van der Waals surface area (Å²) >= 11 is 0. The maximum absolute atomic E-state index is 11.9. The predicted octanol–water partition coefficient (Wildman–Crippen LogP) is 0.606. The standard InChI is InChI=1S/C11H11NO4/c1-6(11(15)16)12-9(13)7-4-2-3-5-8(7)10(12)14/h2-6,9,13H,1H3,(H,15,16)/t6-,9?/m0/s1. The molecule has 0 fully saturated rings. The molecule has 0 saturated heterocycles. The molecule has 1 amide bonds. The number of carbonyl (C=O) groups excluding carboxylic acids is 1. The molecule has 5 heteroatoms. The third kappa shape index (κ3) is 1.37. The molecule has 0 radical (unpaired) electrons. The third-order valence-electron chi connectivity index (χ3n) is 2.74. The van der Waals surface area contributed by atoms with Gasteiger partial charge in [-0.1, -0.05) is 18.2 Å². The van der Waals surface area contributed by atoms with Crippen LogP contribution in [-0.2, 0) is 4.79 Å². The minimum atomic E-state index is -1.17. The van der Waals surface area contributed by atoms with Crippen LogP contribution in [0.1, 0.15) is 29.1 Å². The zero-order valence-corrected chi connectivity index (χ0v) is 8.62. The van der Waals surface area contributed by atoms with E-state index >= 15 is 0 Å². The van der Waals surface area contributed by atoms with Crippen LogP contribution >= 0.6 is 0 Å². The summed E-state index contributed by atoms with van der Waals surface area (Å²) in [6.45, 7) is 1.37. The van der Waals surface area contributed by atoms with E-state index in [-0.39, 0.29) is 0 Å². The Kier molecular flexibility index (Phi) is 2.40.